The lowest BCUT2D eigenvalue weighted by atomic mass is 10.3. The van der Waals surface area contributed by atoms with Crippen LogP contribution in [0.4, 0.5) is 5.69 Å². The van der Waals surface area contributed by atoms with Crippen LogP contribution in [0.15, 0.2) is 29.2 Å². The third-order valence-electron chi connectivity index (χ3n) is 3.75. The van der Waals surface area contributed by atoms with Crippen molar-refractivity contribution >= 4 is 21.6 Å². The Kier molecular flexibility index (Phi) is 5.86. The standard InChI is InChI=1S/C14H20N4O5S/c1-2-15-14(19)11-16-7-9-17(10-8-16)24(22,23)13-6-4-3-5-12(13)18(20)21/h3-6H,2,7-11H2,1H3,(H,15,19). The normalized spacial score (nSPS) is 16.7. The maximum atomic E-state index is 12.7. The number of likely N-dealkylation sites (N-methyl/N-ethyl adjacent to an activating group) is 1. The van der Waals surface area contributed by atoms with Crippen molar-refractivity contribution in [1.29, 1.82) is 0 Å². The van der Waals surface area contributed by atoms with E-state index in [1.807, 2.05) is 11.8 Å². The number of rotatable bonds is 6. The number of nitro groups is 1. The first-order valence-electron chi connectivity index (χ1n) is 7.59. The first kappa shape index (κ1) is 18.3. The Hall–Kier alpha value is -2.04. The van der Waals surface area contributed by atoms with Crippen LogP contribution >= 0.6 is 0 Å². The highest BCUT2D eigenvalue weighted by Crippen LogP contribution is 2.26. The average Bonchev–Trinajstić information content (AvgIpc) is 2.55. The number of carbonyl (C=O) groups is 1. The van der Waals surface area contributed by atoms with Crippen LogP contribution in [0.25, 0.3) is 0 Å². The highest BCUT2D eigenvalue weighted by atomic mass is 32.2. The van der Waals surface area contributed by atoms with Gasteiger partial charge in [0, 0.05) is 38.8 Å². The number of nitro benzene ring substituents is 1. The molecule has 1 saturated heterocycles. The fraction of sp³-hybridized carbons (Fsp3) is 0.500. The molecule has 2 rings (SSSR count). The molecule has 0 spiro atoms. The Morgan fingerprint density at radius 1 is 1.25 bits per heavy atom. The maximum Gasteiger partial charge on any atom is 0.289 e. The molecular weight excluding hydrogens is 336 g/mol. The first-order valence-corrected chi connectivity index (χ1v) is 9.03. The number of nitrogens with zero attached hydrogens (tertiary/aromatic N) is 3. The minimum Gasteiger partial charge on any atom is -0.355 e. The zero-order valence-electron chi connectivity index (χ0n) is 13.3. The van der Waals surface area contributed by atoms with E-state index in [1.54, 1.807) is 0 Å². The third kappa shape index (κ3) is 4.08. The number of para-hydroxylation sites is 1. The van der Waals surface area contributed by atoms with Crippen LogP contribution < -0.4 is 5.32 Å². The largest absolute Gasteiger partial charge is 0.355 e. The molecule has 0 atom stereocenters. The molecule has 1 aliphatic heterocycles. The molecule has 1 N–H and O–H groups in total. The summed E-state index contributed by atoms with van der Waals surface area (Å²) in [6.07, 6.45) is 0. The lowest BCUT2D eigenvalue weighted by Gasteiger charge is -2.33. The number of benzene rings is 1. The van der Waals surface area contributed by atoms with Gasteiger partial charge in [0.05, 0.1) is 11.5 Å². The van der Waals surface area contributed by atoms with Gasteiger partial charge in [0.25, 0.3) is 5.69 Å². The van der Waals surface area contributed by atoms with Crippen LogP contribution in [0.3, 0.4) is 0 Å². The average molecular weight is 356 g/mol. The van der Waals surface area contributed by atoms with Gasteiger partial charge in [-0.05, 0) is 13.0 Å². The summed E-state index contributed by atoms with van der Waals surface area (Å²) < 4.78 is 26.6. The molecule has 1 aliphatic rings. The molecular formula is C14H20N4O5S. The summed E-state index contributed by atoms with van der Waals surface area (Å²) >= 11 is 0. The Balaban J connectivity index is 2.08. The minimum absolute atomic E-state index is 0.104. The van der Waals surface area contributed by atoms with Crippen molar-refractivity contribution in [3.63, 3.8) is 0 Å². The van der Waals surface area contributed by atoms with Crippen molar-refractivity contribution in [3.05, 3.63) is 34.4 Å². The van der Waals surface area contributed by atoms with E-state index < -0.39 is 20.6 Å². The molecule has 10 heteroatoms. The molecule has 0 unspecified atom stereocenters. The van der Waals surface area contributed by atoms with Gasteiger partial charge in [-0.3, -0.25) is 19.8 Å². The minimum atomic E-state index is -3.94. The monoisotopic (exact) mass is 356 g/mol. The number of piperazine rings is 1. The summed E-state index contributed by atoms with van der Waals surface area (Å²) in [5.74, 6) is -0.104. The molecule has 0 bridgehead atoms. The quantitative estimate of drug-likeness (QED) is 0.569. The van der Waals surface area contributed by atoms with E-state index in [1.165, 1.54) is 28.6 Å². The lowest BCUT2D eigenvalue weighted by Crippen LogP contribution is -2.51. The van der Waals surface area contributed by atoms with E-state index in [4.69, 9.17) is 0 Å². The van der Waals surface area contributed by atoms with Gasteiger partial charge in [0.1, 0.15) is 0 Å². The summed E-state index contributed by atoms with van der Waals surface area (Å²) in [4.78, 5) is 23.5. The molecule has 1 aromatic carbocycles. The second-order valence-corrected chi connectivity index (χ2v) is 7.26. The summed E-state index contributed by atoms with van der Waals surface area (Å²) in [5, 5.41) is 13.7. The molecule has 0 aliphatic carbocycles. The molecule has 132 valence electrons. The topological polar surface area (TPSA) is 113 Å². The van der Waals surface area contributed by atoms with E-state index in [0.717, 1.165) is 0 Å². The van der Waals surface area contributed by atoms with Gasteiger partial charge in [-0.2, -0.15) is 4.31 Å². The summed E-state index contributed by atoms with van der Waals surface area (Å²) in [5.41, 5.74) is -0.428. The number of amides is 1. The molecule has 24 heavy (non-hydrogen) atoms. The van der Waals surface area contributed by atoms with Crippen LogP contribution in [0.1, 0.15) is 6.92 Å². The number of carbonyl (C=O) groups excluding carboxylic acids is 1. The first-order chi connectivity index (χ1) is 11.4. The Labute approximate surface area is 140 Å². The van der Waals surface area contributed by atoms with Crippen molar-refractivity contribution in [1.82, 2.24) is 14.5 Å². The lowest BCUT2D eigenvalue weighted by molar-refractivity contribution is -0.387. The van der Waals surface area contributed by atoms with Crippen LogP contribution in [0.5, 0.6) is 0 Å². The van der Waals surface area contributed by atoms with Crippen molar-refractivity contribution in [2.24, 2.45) is 0 Å². The highest BCUT2D eigenvalue weighted by Gasteiger charge is 2.33. The van der Waals surface area contributed by atoms with Crippen molar-refractivity contribution in [2.45, 2.75) is 11.8 Å². The molecule has 0 saturated carbocycles. The number of nitrogens with one attached hydrogen (secondary N) is 1. The Morgan fingerprint density at radius 3 is 2.46 bits per heavy atom. The number of hydrogen-bond donors (Lipinski definition) is 1. The molecule has 0 aromatic heterocycles. The van der Waals surface area contributed by atoms with Crippen LogP contribution in [0, 0.1) is 10.1 Å². The van der Waals surface area contributed by atoms with Gasteiger partial charge in [-0.25, -0.2) is 8.42 Å². The van der Waals surface area contributed by atoms with E-state index >= 15 is 0 Å². The van der Waals surface area contributed by atoms with Crippen molar-refractivity contribution in [2.75, 3.05) is 39.3 Å². The van der Waals surface area contributed by atoms with Gasteiger partial charge >= 0.3 is 0 Å². The molecule has 0 radical (unpaired) electrons. The van der Waals surface area contributed by atoms with Crippen LogP contribution in [-0.2, 0) is 14.8 Å². The second kappa shape index (κ2) is 7.69. The molecule has 9 nitrogen and oxygen atoms in total. The van der Waals surface area contributed by atoms with Crippen LogP contribution in [0.2, 0.25) is 0 Å². The zero-order chi connectivity index (χ0) is 17.7. The summed E-state index contributed by atoms with van der Waals surface area (Å²) in [7, 11) is -3.94. The Bertz CT molecular complexity index is 714. The van der Waals surface area contributed by atoms with E-state index in [9.17, 15) is 23.3 Å². The SMILES string of the molecule is CCNC(=O)CN1CCN(S(=O)(=O)c2ccccc2[N+](=O)[O-])CC1. The van der Waals surface area contributed by atoms with Gasteiger partial charge < -0.3 is 5.32 Å². The predicted octanol–water partition coefficient (Wildman–Crippen LogP) is 0.0372. The summed E-state index contributed by atoms with van der Waals surface area (Å²) in [6, 6.07) is 5.32. The smallest absolute Gasteiger partial charge is 0.289 e. The van der Waals surface area contributed by atoms with Gasteiger partial charge in [-0.15, -0.1) is 0 Å². The molecule has 1 fully saturated rings. The number of hydrogen-bond acceptors (Lipinski definition) is 6. The zero-order valence-corrected chi connectivity index (χ0v) is 14.2. The number of sulfonamides is 1. The van der Waals surface area contributed by atoms with Crippen molar-refractivity contribution in [3.8, 4) is 0 Å². The Morgan fingerprint density at radius 2 is 1.88 bits per heavy atom. The second-order valence-electron chi connectivity index (χ2n) is 5.36. The molecule has 1 aromatic rings. The van der Waals surface area contributed by atoms with E-state index in [-0.39, 0.29) is 30.4 Å². The highest BCUT2D eigenvalue weighted by molar-refractivity contribution is 7.89. The van der Waals surface area contributed by atoms with Gasteiger partial charge in [0.2, 0.25) is 15.9 Å². The maximum absolute atomic E-state index is 12.7. The fourth-order valence-corrected chi connectivity index (χ4v) is 4.13. The van der Waals surface area contributed by atoms with E-state index in [0.29, 0.717) is 19.6 Å². The van der Waals surface area contributed by atoms with E-state index in [2.05, 4.69) is 5.32 Å². The molecule has 1 heterocycles. The third-order valence-corrected chi connectivity index (χ3v) is 5.70. The predicted molar refractivity (Wildman–Crippen MR) is 87.0 cm³/mol. The van der Waals surface area contributed by atoms with Gasteiger partial charge in [0.15, 0.2) is 4.90 Å². The van der Waals surface area contributed by atoms with Gasteiger partial charge in [-0.1, -0.05) is 12.1 Å². The fourth-order valence-electron chi connectivity index (χ4n) is 2.55. The van der Waals surface area contributed by atoms with Crippen LogP contribution in [-0.4, -0.2) is 67.7 Å². The summed E-state index contributed by atoms with van der Waals surface area (Å²) in [6.45, 7) is 3.77. The molecule has 1 amide bonds. The van der Waals surface area contributed by atoms with Crippen molar-refractivity contribution < 1.29 is 18.1 Å².